The molecule has 0 spiro atoms. The second-order valence-corrected chi connectivity index (χ2v) is 7.97. The van der Waals surface area contributed by atoms with Gasteiger partial charge in [0.15, 0.2) is 16.7 Å². The zero-order chi connectivity index (χ0) is 23.2. The zero-order valence-corrected chi connectivity index (χ0v) is 18.4. The largest absolute Gasteiger partial charge is 0.493 e. The number of benzene rings is 3. The van der Waals surface area contributed by atoms with Gasteiger partial charge in [0.05, 0.1) is 22.6 Å². The average Bonchev–Trinajstić information content (AvgIpc) is 3.17. The van der Waals surface area contributed by atoms with Crippen molar-refractivity contribution in [1.29, 1.82) is 0 Å². The molecule has 1 amide bonds. The molecule has 0 aliphatic carbocycles. The van der Waals surface area contributed by atoms with Crippen molar-refractivity contribution in [3.05, 3.63) is 98.9 Å². The van der Waals surface area contributed by atoms with Crippen LogP contribution in [0, 0.1) is 10.1 Å². The molecule has 9 heteroatoms. The van der Waals surface area contributed by atoms with E-state index in [0.717, 1.165) is 16.8 Å². The Balaban J connectivity index is 1.50. The third kappa shape index (κ3) is 5.58. The molecule has 0 bridgehead atoms. The van der Waals surface area contributed by atoms with Crippen molar-refractivity contribution in [1.82, 2.24) is 5.32 Å². The molecule has 1 N–H and O–H groups in total. The Hall–Kier alpha value is -4.11. The molecule has 33 heavy (non-hydrogen) atoms. The number of amides is 1. The maximum Gasteiger partial charge on any atom is 0.269 e. The smallest absolute Gasteiger partial charge is 0.269 e. The third-order valence-electron chi connectivity index (χ3n) is 4.66. The number of carbonyl (C=O) groups excluding carboxylic acids is 1. The number of aliphatic imine (C=N–C) groups is 1. The Kier molecular flexibility index (Phi) is 6.70. The highest BCUT2D eigenvalue weighted by atomic mass is 32.2. The molecule has 0 unspecified atom stereocenters. The second kappa shape index (κ2) is 10.0. The quantitative estimate of drug-likeness (QED) is 0.299. The summed E-state index contributed by atoms with van der Waals surface area (Å²) in [5.41, 5.74) is 2.31. The van der Waals surface area contributed by atoms with Crippen LogP contribution in [-0.2, 0) is 11.4 Å². The van der Waals surface area contributed by atoms with Crippen molar-refractivity contribution in [3.63, 3.8) is 0 Å². The fraction of sp³-hybridized carbons (Fsp3) is 0.0833. The lowest BCUT2D eigenvalue weighted by molar-refractivity contribution is -0.384. The van der Waals surface area contributed by atoms with Gasteiger partial charge in [0.25, 0.3) is 11.6 Å². The lowest BCUT2D eigenvalue weighted by Crippen LogP contribution is -2.19. The minimum Gasteiger partial charge on any atom is -0.493 e. The highest BCUT2D eigenvalue weighted by Gasteiger charge is 2.24. The highest BCUT2D eigenvalue weighted by molar-refractivity contribution is 8.18. The van der Waals surface area contributed by atoms with Gasteiger partial charge in [-0.2, -0.15) is 0 Å². The van der Waals surface area contributed by atoms with E-state index >= 15 is 0 Å². The van der Waals surface area contributed by atoms with Crippen molar-refractivity contribution in [2.45, 2.75) is 6.61 Å². The maximum absolute atomic E-state index is 12.4. The number of carbonyl (C=O) groups is 1. The van der Waals surface area contributed by atoms with Gasteiger partial charge in [0.1, 0.15) is 6.61 Å². The number of hydrogen-bond donors (Lipinski definition) is 1. The summed E-state index contributed by atoms with van der Waals surface area (Å²) in [6.07, 6.45) is 1.76. The van der Waals surface area contributed by atoms with Crippen LogP contribution >= 0.6 is 11.8 Å². The van der Waals surface area contributed by atoms with Gasteiger partial charge < -0.3 is 14.8 Å². The molecule has 0 radical (unpaired) electrons. The molecule has 1 fully saturated rings. The number of nitro groups is 1. The van der Waals surface area contributed by atoms with Gasteiger partial charge in [-0.05, 0) is 65.4 Å². The first kappa shape index (κ1) is 22.1. The average molecular weight is 461 g/mol. The fourth-order valence-corrected chi connectivity index (χ4v) is 3.86. The molecule has 0 atom stereocenters. The molecule has 1 aliphatic heterocycles. The molecule has 1 saturated heterocycles. The van der Waals surface area contributed by atoms with Crippen LogP contribution in [-0.4, -0.2) is 23.1 Å². The number of hydrogen-bond acceptors (Lipinski definition) is 7. The Labute approximate surface area is 194 Å². The standard InChI is InChI=1S/C24H19N3O5S/c1-31-20-12-9-17(13-21(20)32-15-16-7-10-19(11-8-16)27(29)30)14-22-23(28)26-24(33-22)25-18-5-3-2-4-6-18/h2-14H,15H2,1H3,(H,25,26,28)/b22-14+. The van der Waals surface area contributed by atoms with Crippen LogP contribution in [0.15, 0.2) is 82.7 Å². The van der Waals surface area contributed by atoms with Crippen molar-refractivity contribution >= 4 is 40.3 Å². The van der Waals surface area contributed by atoms with Crippen molar-refractivity contribution in [3.8, 4) is 11.5 Å². The summed E-state index contributed by atoms with van der Waals surface area (Å²) in [5, 5.41) is 14.1. The molecule has 0 saturated carbocycles. The first-order valence-corrected chi connectivity index (χ1v) is 10.7. The molecule has 166 valence electrons. The van der Waals surface area contributed by atoms with E-state index in [9.17, 15) is 14.9 Å². The summed E-state index contributed by atoms with van der Waals surface area (Å²) in [6, 6.07) is 20.9. The van der Waals surface area contributed by atoms with Gasteiger partial charge in [-0.15, -0.1) is 0 Å². The van der Waals surface area contributed by atoms with Crippen LogP contribution in [0.4, 0.5) is 11.4 Å². The van der Waals surface area contributed by atoms with E-state index in [1.807, 2.05) is 36.4 Å². The number of rotatable bonds is 7. The van der Waals surface area contributed by atoms with E-state index in [1.54, 1.807) is 37.5 Å². The summed E-state index contributed by atoms with van der Waals surface area (Å²) < 4.78 is 11.3. The predicted molar refractivity (Wildman–Crippen MR) is 128 cm³/mol. The van der Waals surface area contributed by atoms with Crippen molar-refractivity contribution in [2.24, 2.45) is 4.99 Å². The number of methoxy groups -OCH3 is 1. The van der Waals surface area contributed by atoms with Crippen molar-refractivity contribution < 1.29 is 19.2 Å². The van der Waals surface area contributed by atoms with E-state index < -0.39 is 4.92 Å². The molecule has 4 rings (SSSR count). The maximum atomic E-state index is 12.4. The molecular formula is C24H19N3O5S. The molecular weight excluding hydrogens is 442 g/mol. The van der Waals surface area contributed by atoms with Crippen LogP contribution in [0.25, 0.3) is 6.08 Å². The van der Waals surface area contributed by atoms with E-state index in [-0.39, 0.29) is 18.2 Å². The monoisotopic (exact) mass is 461 g/mol. The van der Waals surface area contributed by atoms with E-state index in [0.29, 0.717) is 21.6 Å². The lowest BCUT2D eigenvalue weighted by Gasteiger charge is -2.11. The fourth-order valence-electron chi connectivity index (χ4n) is 3.02. The second-order valence-electron chi connectivity index (χ2n) is 6.94. The minimum absolute atomic E-state index is 0.0208. The van der Waals surface area contributed by atoms with Gasteiger partial charge in [-0.25, -0.2) is 4.99 Å². The van der Waals surface area contributed by atoms with Crippen LogP contribution in [0.2, 0.25) is 0 Å². The number of nitrogens with one attached hydrogen (secondary N) is 1. The van der Waals surface area contributed by atoms with Crippen LogP contribution in [0.3, 0.4) is 0 Å². The predicted octanol–water partition coefficient (Wildman–Crippen LogP) is 5.07. The number of thioether (sulfide) groups is 1. The number of nitrogens with zero attached hydrogens (tertiary/aromatic N) is 2. The number of nitro benzene ring substituents is 1. The van der Waals surface area contributed by atoms with Crippen molar-refractivity contribution in [2.75, 3.05) is 7.11 Å². The van der Waals surface area contributed by atoms with Crippen LogP contribution in [0.5, 0.6) is 11.5 Å². The van der Waals surface area contributed by atoms with Gasteiger partial charge in [0, 0.05) is 12.1 Å². The lowest BCUT2D eigenvalue weighted by atomic mass is 10.1. The summed E-state index contributed by atoms with van der Waals surface area (Å²) in [4.78, 5) is 27.7. The number of ether oxygens (including phenoxy) is 2. The van der Waals surface area contributed by atoms with Gasteiger partial charge >= 0.3 is 0 Å². The molecule has 1 heterocycles. The first-order chi connectivity index (χ1) is 16.0. The Morgan fingerprint density at radius 3 is 2.52 bits per heavy atom. The topological polar surface area (TPSA) is 103 Å². The molecule has 8 nitrogen and oxygen atoms in total. The van der Waals surface area contributed by atoms with Gasteiger partial charge in [0.2, 0.25) is 0 Å². The van der Waals surface area contributed by atoms with E-state index in [4.69, 9.17) is 9.47 Å². The summed E-state index contributed by atoms with van der Waals surface area (Å²) >= 11 is 1.26. The summed E-state index contributed by atoms with van der Waals surface area (Å²) in [5.74, 6) is 0.805. The number of para-hydroxylation sites is 1. The zero-order valence-electron chi connectivity index (χ0n) is 17.6. The first-order valence-electron chi connectivity index (χ1n) is 9.90. The minimum atomic E-state index is -0.447. The molecule has 1 aliphatic rings. The Bertz CT molecular complexity index is 1240. The highest BCUT2D eigenvalue weighted by Crippen LogP contribution is 2.32. The summed E-state index contributed by atoms with van der Waals surface area (Å²) in [6.45, 7) is 0.206. The summed E-state index contributed by atoms with van der Waals surface area (Å²) in [7, 11) is 1.54. The van der Waals surface area contributed by atoms with E-state index in [1.165, 1.54) is 23.9 Å². The van der Waals surface area contributed by atoms with Crippen LogP contribution in [0.1, 0.15) is 11.1 Å². The molecule has 3 aromatic carbocycles. The molecule has 3 aromatic rings. The molecule has 0 aromatic heterocycles. The van der Waals surface area contributed by atoms with E-state index in [2.05, 4.69) is 10.3 Å². The normalized spacial score (nSPS) is 15.5. The third-order valence-corrected chi connectivity index (χ3v) is 5.57. The Morgan fingerprint density at radius 1 is 1.06 bits per heavy atom. The van der Waals surface area contributed by atoms with Gasteiger partial charge in [-0.1, -0.05) is 24.3 Å². The van der Waals surface area contributed by atoms with Gasteiger partial charge in [-0.3, -0.25) is 14.9 Å². The number of amidine groups is 1. The number of non-ortho nitro benzene ring substituents is 1. The SMILES string of the molecule is COc1ccc(/C=C2/SC(=Nc3ccccc3)NC2=O)cc1OCc1ccc([N+](=O)[O-])cc1. The van der Waals surface area contributed by atoms with Crippen LogP contribution < -0.4 is 14.8 Å². The Morgan fingerprint density at radius 2 is 1.82 bits per heavy atom.